The minimum atomic E-state index is -0.841. The lowest BCUT2D eigenvalue weighted by molar-refractivity contribution is -0.123. The summed E-state index contributed by atoms with van der Waals surface area (Å²) < 4.78 is 0. The lowest BCUT2D eigenvalue weighted by Crippen LogP contribution is -2.45. The first kappa shape index (κ1) is 52.8. The quantitative estimate of drug-likeness (QED) is 0.0428. The van der Waals surface area contributed by atoms with Crippen molar-refractivity contribution in [2.75, 3.05) is 6.61 Å². The van der Waals surface area contributed by atoms with E-state index in [4.69, 9.17) is 0 Å². The van der Waals surface area contributed by atoms with E-state index in [1.54, 1.807) is 6.08 Å². The van der Waals surface area contributed by atoms with Crippen molar-refractivity contribution in [2.45, 2.75) is 238 Å². The Morgan fingerprint density at radius 1 is 0.455 bits per heavy atom. The van der Waals surface area contributed by atoms with Gasteiger partial charge in [0.1, 0.15) is 0 Å². The van der Waals surface area contributed by atoms with Gasteiger partial charge in [0.25, 0.3) is 0 Å². The molecule has 0 aromatic heterocycles. The van der Waals surface area contributed by atoms with Gasteiger partial charge in [0, 0.05) is 6.42 Å². The second-order valence-corrected chi connectivity index (χ2v) is 15.8. The molecule has 0 bridgehead atoms. The van der Waals surface area contributed by atoms with E-state index in [0.717, 1.165) is 57.8 Å². The average Bonchev–Trinajstić information content (AvgIpc) is 3.19. The van der Waals surface area contributed by atoms with Crippen LogP contribution in [0.25, 0.3) is 0 Å². The predicted molar refractivity (Wildman–Crippen MR) is 244 cm³/mol. The van der Waals surface area contributed by atoms with Crippen molar-refractivity contribution >= 4 is 5.91 Å². The summed E-state index contributed by atoms with van der Waals surface area (Å²) in [6, 6.07) is -0.625. The maximum Gasteiger partial charge on any atom is 0.220 e. The summed E-state index contributed by atoms with van der Waals surface area (Å²) in [5, 5.41) is 23.0. The van der Waals surface area contributed by atoms with Crippen molar-refractivity contribution in [2.24, 2.45) is 0 Å². The van der Waals surface area contributed by atoms with E-state index < -0.39 is 12.1 Å². The Labute approximate surface area is 342 Å². The van der Waals surface area contributed by atoms with Crippen LogP contribution in [0.4, 0.5) is 0 Å². The molecule has 318 valence electrons. The summed E-state index contributed by atoms with van der Waals surface area (Å²) in [5.41, 5.74) is 0. The minimum absolute atomic E-state index is 0.0679. The topological polar surface area (TPSA) is 69.6 Å². The number of hydrogen-bond acceptors (Lipinski definition) is 3. The summed E-state index contributed by atoms with van der Waals surface area (Å²) in [6.45, 7) is 4.19. The van der Waals surface area contributed by atoms with Crippen LogP contribution in [0, 0.1) is 0 Å². The first-order chi connectivity index (χ1) is 27.2. The van der Waals surface area contributed by atoms with Crippen LogP contribution in [0.1, 0.15) is 226 Å². The Kier molecular flexibility index (Phi) is 44.4. The average molecular weight is 766 g/mol. The van der Waals surface area contributed by atoms with Crippen LogP contribution in [-0.2, 0) is 4.79 Å². The number of aliphatic hydroxyl groups excluding tert-OH is 2. The molecule has 0 aliphatic heterocycles. The first-order valence-electron chi connectivity index (χ1n) is 23.7. The standard InChI is InChI=1S/C51H91NO3/c1-3-5-7-9-11-13-15-17-19-20-21-22-23-24-25-26-27-28-29-30-31-32-33-35-37-39-41-43-45-47-51(55)52-49(48-53)50(54)46-44-42-40-38-36-34-18-16-14-12-10-8-6-4-2/h5,7,11,13,17,19,21-22,24-25,44,46,49-50,53-54H,3-4,6,8-10,12,14-16,18,20,23,26-43,45,47-48H2,1-2H3,(H,52,55)/b7-5-,13-11-,19-17-,22-21-,25-24-,46-44+. The second-order valence-electron chi connectivity index (χ2n) is 15.8. The molecule has 0 radical (unpaired) electrons. The number of aliphatic hydroxyl groups is 2. The number of carbonyl (C=O) groups excluding carboxylic acids is 1. The third-order valence-electron chi connectivity index (χ3n) is 10.4. The van der Waals surface area contributed by atoms with Crippen molar-refractivity contribution in [3.63, 3.8) is 0 Å². The van der Waals surface area contributed by atoms with Gasteiger partial charge in [0.15, 0.2) is 0 Å². The van der Waals surface area contributed by atoms with Crippen LogP contribution in [-0.4, -0.2) is 34.9 Å². The number of rotatable bonds is 42. The SMILES string of the molecule is CC/C=C\C/C=C\C/C=C\C/C=C\C/C=C\CCCCCCCCCCCCCCCC(=O)NC(CO)C(O)/C=C/CCCCCCCCCCCCCC. The molecule has 0 aliphatic rings. The fourth-order valence-electron chi connectivity index (χ4n) is 6.85. The van der Waals surface area contributed by atoms with E-state index in [2.05, 4.69) is 79.9 Å². The van der Waals surface area contributed by atoms with Crippen molar-refractivity contribution in [1.82, 2.24) is 5.32 Å². The molecule has 1 amide bonds. The smallest absolute Gasteiger partial charge is 0.220 e. The van der Waals surface area contributed by atoms with Crippen LogP contribution in [0.3, 0.4) is 0 Å². The van der Waals surface area contributed by atoms with E-state index in [1.807, 2.05) is 6.08 Å². The monoisotopic (exact) mass is 766 g/mol. The van der Waals surface area contributed by atoms with Gasteiger partial charge in [0.05, 0.1) is 18.8 Å². The number of unbranched alkanes of at least 4 members (excludes halogenated alkanes) is 25. The van der Waals surface area contributed by atoms with Gasteiger partial charge in [-0.05, 0) is 64.2 Å². The summed E-state index contributed by atoms with van der Waals surface area (Å²) in [5.74, 6) is -0.0679. The molecule has 0 heterocycles. The molecule has 0 fully saturated rings. The fraction of sp³-hybridized carbons (Fsp3) is 0.745. The Bertz CT molecular complexity index is 961. The molecule has 2 unspecified atom stereocenters. The Hall–Kier alpha value is -2.17. The molecule has 0 aromatic carbocycles. The fourth-order valence-corrected chi connectivity index (χ4v) is 6.85. The largest absolute Gasteiger partial charge is 0.394 e. The second kappa shape index (κ2) is 46.2. The van der Waals surface area contributed by atoms with Crippen LogP contribution in [0.2, 0.25) is 0 Å². The Balaban J connectivity index is 3.54. The number of allylic oxidation sites excluding steroid dienone is 11. The predicted octanol–water partition coefficient (Wildman–Crippen LogP) is 15.1. The van der Waals surface area contributed by atoms with E-state index in [1.165, 1.54) is 148 Å². The van der Waals surface area contributed by atoms with E-state index in [-0.39, 0.29) is 12.5 Å². The van der Waals surface area contributed by atoms with Crippen LogP contribution < -0.4 is 5.32 Å². The Morgan fingerprint density at radius 3 is 1.20 bits per heavy atom. The summed E-state index contributed by atoms with van der Waals surface area (Å²) in [6.07, 6.45) is 65.9. The molecule has 3 N–H and O–H groups in total. The van der Waals surface area contributed by atoms with E-state index in [9.17, 15) is 15.0 Å². The van der Waals surface area contributed by atoms with Crippen LogP contribution >= 0.6 is 0 Å². The van der Waals surface area contributed by atoms with E-state index in [0.29, 0.717) is 6.42 Å². The third kappa shape index (κ3) is 42.8. The molecule has 0 aromatic rings. The van der Waals surface area contributed by atoms with Crippen molar-refractivity contribution < 1.29 is 15.0 Å². The van der Waals surface area contributed by atoms with Gasteiger partial charge in [0.2, 0.25) is 5.91 Å². The summed E-state index contributed by atoms with van der Waals surface area (Å²) >= 11 is 0. The van der Waals surface area contributed by atoms with Gasteiger partial charge in [-0.1, -0.05) is 228 Å². The molecule has 0 saturated carbocycles. The number of hydrogen-bond donors (Lipinski definition) is 3. The zero-order chi connectivity index (χ0) is 40.0. The number of nitrogens with one attached hydrogen (secondary N) is 1. The zero-order valence-corrected chi connectivity index (χ0v) is 36.4. The maximum atomic E-state index is 12.4. The Morgan fingerprint density at radius 2 is 0.800 bits per heavy atom. The van der Waals surface area contributed by atoms with Gasteiger partial charge in [-0.2, -0.15) is 0 Å². The van der Waals surface area contributed by atoms with Crippen molar-refractivity contribution in [3.8, 4) is 0 Å². The molecule has 4 heteroatoms. The van der Waals surface area contributed by atoms with Gasteiger partial charge in [-0.25, -0.2) is 0 Å². The van der Waals surface area contributed by atoms with Crippen molar-refractivity contribution in [3.05, 3.63) is 72.9 Å². The number of amides is 1. The van der Waals surface area contributed by atoms with Crippen LogP contribution in [0.15, 0.2) is 72.9 Å². The molecule has 0 aliphatic carbocycles. The summed E-state index contributed by atoms with van der Waals surface area (Å²) in [4.78, 5) is 12.4. The van der Waals surface area contributed by atoms with Gasteiger partial charge >= 0.3 is 0 Å². The molecular formula is C51H91NO3. The number of carbonyl (C=O) groups is 1. The van der Waals surface area contributed by atoms with Gasteiger partial charge < -0.3 is 15.5 Å². The molecular weight excluding hydrogens is 675 g/mol. The summed E-state index contributed by atoms with van der Waals surface area (Å²) in [7, 11) is 0. The van der Waals surface area contributed by atoms with Gasteiger partial charge in [-0.3, -0.25) is 4.79 Å². The molecule has 0 spiro atoms. The van der Waals surface area contributed by atoms with E-state index >= 15 is 0 Å². The zero-order valence-electron chi connectivity index (χ0n) is 36.4. The maximum absolute atomic E-state index is 12.4. The molecule has 0 saturated heterocycles. The molecule has 4 nitrogen and oxygen atoms in total. The highest BCUT2D eigenvalue weighted by atomic mass is 16.3. The third-order valence-corrected chi connectivity index (χ3v) is 10.4. The highest BCUT2D eigenvalue weighted by molar-refractivity contribution is 5.76. The van der Waals surface area contributed by atoms with Crippen LogP contribution in [0.5, 0.6) is 0 Å². The van der Waals surface area contributed by atoms with Gasteiger partial charge in [-0.15, -0.1) is 0 Å². The highest BCUT2D eigenvalue weighted by Crippen LogP contribution is 2.15. The highest BCUT2D eigenvalue weighted by Gasteiger charge is 2.17. The minimum Gasteiger partial charge on any atom is -0.394 e. The molecule has 55 heavy (non-hydrogen) atoms. The van der Waals surface area contributed by atoms with Crippen molar-refractivity contribution in [1.29, 1.82) is 0 Å². The lowest BCUT2D eigenvalue weighted by Gasteiger charge is -2.20. The molecule has 0 rings (SSSR count). The molecule has 2 atom stereocenters. The normalized spacial score (nSPS) is 13.6. The first-order valence-corrected chi connectivity index (χ1v) is 23.7. The lowest BCUT2D eigenvalue weighted by atomic mass is 10.0.